The molecule has 1 unspecified atom stereocenters. The zero-order valence-electron chi connectivity index (χ0n) is 8.16. The Bertz CT molecular complexity index is 374. The van der Waals surface area contributed by atoms with E-state index in [0.717, 1.165) is 29.0 Å². The van der Waals surface area contributed by atoms with Crippen molar-refractivity contribution in [1.29, 1.82) is 0 Å². The van der Waals surface area contributed by atoms with Crippen LogP contribution in [0.3, 0.4) is 0 Å². The van der Waals surface area contributed by atoms with Gasteiger partial charge >= 0.3 is 0 Å². The molecule has 3 nitrogen and oxygen atoms in total. The second-order valence-electron chi connectivity index (χ2n) is 3.54. The molecule has 0 saturated heterocycles. The van der Waals surface area contributed by atoms with E-state index in [1.807, 2.05) is 19.1 Å². The molecule has 14 heavy (non-hydrogen) atoms. The Morgan fingerprint density at radius 2 is 2.43 bits per heavy atom. The van der Waals surface area contributed by atoms with Gasteiger partial charge in [-0.25, -0.2) is 0 Å². The van der Waals surface area contributed by atoms with E-state index in [0.29, 0.717) is 0 Å². The number of aryl methyl sites for hydroxylation is 1. The molecule has 74 valence electrons. The summed E-state index contributed by atoms with van der Waals surface area (Å²) in [6.07, 6.45) is 0.666. The molecule has 1 N–H and O–H groups in total. The van der Waals surface area contributed by atoms with E-state index >= 15 is 0 Å². The number of aliphatic hydroxyl groups is 1. The molecular weight excluding hydrogens is 178 g/mol. The van der Waals surface area contributed by atoms with Crippen LogP contribution in [0.15, 0.2) is 17.1 Å². The first-order chi connectivity index (χ1) is 6.74. The number of fused-ring (bicyclic) bond motifs is 1. The summed E-state index contributed by atoms with van der Waals surface area (Å²) in [5, 5.41) is 8.99. The van der Waals surface area contributed by atoms with Crippen molar-refractivity contribution in [3.05, 3.63) is 23.3 Å². The Labute approximate surface area is 83.1 Å². The minimum absolute atomic E-state index is 0.0605. The summed E-state index contributed by atoms with van der Waals surface area (Å²) in [6.45, 7) is 5.54. The number of nitrogens with zero attached hydrogens (tertiary/aromatic N) is 1. The molecule has 1 aliphatic heterocycles. The first kappa shape index (κ1) is 9.21. The SMILES string of the molecule is C=Nc1cc(C)c2c(c1)CC(CO)O2. The van der Waals surface area contributed by atoms with Crippen molar-refractivity contribution in [2.75, 3.05) is 6.61 Å². The van der Waals surface area contributed by atoms with Gasteiger partial charge in [0.2, 0.25) is 0 Å². The lowest BCUT2D eigenvalue weighted by Gasteiger charge is -2.07. The van der Waals surface area contributed by atoms with Crippen molar-refractivity contribution >= 4 is 12.4 Å². The Morgan fingerprint density at radius 1 is 1.64 bits per heavy atom. The number of aliphatic hydroxyl groups excluding tert-OH is 1. The fourth-order valence-electron chi connectivity index (χ4n) is 1.79. The average molecular weight is 191 g/mol. The van der Waals surface area contributed by atoms with Crippen molar-refractivity contribution in [2.45, 2.75) is 19.4 Å². The Morgan fingerprint density at radius 3 is 3.07 bits per heavy atom. The minimum Gasteiger partial charge on any atom is -0.487 e. The largest absolute Gasteiger partial charge is 0.487 e. The number of hydrogen-bond acceptors (Lipinski definition) is 3. The van der Waals surface area contributed by atoms with Crippen LogP contribution in [0.2, 0.25) is 0 Å². The number of benzene rings is 1. The van der Waals surface area contributed by atoms with Crippen LogP contribution in [-0.2, 0) is 6.42 Å². The molecule has 0 aromatic heterocycles. The van der Waals surface area contributed by atoms with Gasteiger partial charge < -0.3 is 9.84 Å². The van der Waals surface area contributed by atoms with Gasteiger partial charge in [-0.15, -0.1) is 0 Å². The molecule has 0 saturated carbocycles. The third-order valence-electron chi connectivity index (χ3n) is 2.45. The molecule has 0 spiro atoms. The summed E-state index contributed by atoms with van der Waals surface area (Å²) < 4.78 is 5.57. The van der Waals surface area contributed by atoms with Gasteiger partial charge in [-0.3, -0.25) is 4.99 Å². The van der Waals surface area contributed by atoms with E-state index in [4.69, 9.17) is 9.84 Å². The van der Waals surface area contributed by atoms with Gasteiger partial charge in [0.25, 0.3) is 0 Å². The molecule has 1 aliphatic rings. The smallest absolute Gasteiger partial charge is 0.126 e. The molecule has 1 aromatic carbocycles. The lowest BCUT2D eigenvalue weighted by Crippen LogP contribution is -2.17. The number of aliphatic imine (C=N–C) groups is 1. The maximum absolute atomic E-state index is 8.99. The predicted molar refractivity (Wildman–Crippen MR) is 55.6 cm³/mol. The second kappa shape index (κ2) is 3.42. The van der Waals surface area contributed by atoms with Crippen LogP contribution in [0.1, 0.15) is 11.1 Å². The maximum atomic E-state index is 8.99. The van der Waals surface area contributed by atoms with Crippen LogP contribution < -0.4 is 4.74 Å². The minimum atomic E-state index is -0.0937. The number of rotatable bonds is 2. The zero-order chi connectivity index (χ0) is 10.1. The molecule has 0 aliphatic carbocycles. The topological polar surface area (TPSA) is 41.8 Å². The molecular formula is C11H13NO2. The highest BCUT2D eigenvalue weighted by Gasteiger charge is 2.23. The third-order valence-corrected chi connectivity index (χ3v) is 2.45. The maximum Gasteiger partial charge on any atom is 0.126 e. The fourth-order valence-corrected chi connectivity index (χ4v) is 1.79. The normalized spacial score (nSPS) is 18.9. The molecule has 0 amide bonds. The monoisotopic (exact) mass is 191 g/mol. The van der Waals surface area contributed by atoms with Crippen molar-refractivity contribution in [1.82, 2.24) is 0 Å². The molecule has 1 atom stereocenters. The summed E-state index contributed by atoms with van der Waals surface area (Å²) in [5.74, 6) is 0.899. The van der Waals surface area contributed by atoms with Crippen molar-refractivity contribution in [3.8, 4) is 5.75 Å². The van der Waals surface area contributed by atoms with Gasteiger partial charge in [0, 0.05) is 12.0 Å². The van der Waals surface area contributed by atoms with Gasteiger partial charge in [-0.1, -0.05) is 0 Å². The van der Waals surface area contributed by atoms with Gasteiger partial charge in [0.1, 0.15) is 11.9 Å². The first-order valence-electron chi connectivity index (χ1n) is 4.62. The lowest BCUT2D eigenvalue weighted by molar-refractivity contribution is 0.134. The highest BCUT2D eigenvalue weighted by Crippen LogP contribution is 2.35. The van der Waals surface area contributed by atoms with E-state index in [2.05, 4.69) is 11.7 Å². The van der Waals surface area contributed by atoms with Crippen LogP contribution in [0.25, 0.3) is 0 Å². The van der Waals surface area contributed by atoms with E-state index in [9.17, 15) is 0 Å². The summed E-state index contributed by atoms with van der Waals surface area (Å²) in [6, 6.07) is 3.90. The standard InChI is InChI=1S/C11H13NO2/c1-7-3-9(12-2)4-8-5-10(6-13)14-11(7)8/h3-4,10,13H,2,5-6H2,1H3. The van der Waals surface area contributed by atoms with Crippen molar-refractivity contribution in [3.63, 3.8) is 0 Å². The fraction of sp³-hybridized carbons (Fsp3) is 0.364. The highest BCUT2D eigenvalue weighted by molar-refractivity contribution is 5.56. The van der Waals surface area contributed by atoms with Crippen LogP contribution >= 0.6 is 0 Å². The predicted octanol–water partition coefficient (Wildman–Crippen LogP) is 1.62. The molecule has 0 bridgehead atoms. The Balaban J connectivity index is 2.41. The summed E-state index contributed by atoms with van der Waals surface area (Å²) in [5.41, 5.74) is 3.04. The number of hydrogen-bond donors (Lipinski definition) is 1. The average Bonchev–Trinajstić information content (AvgIpc) is 2.61. The van der Waals surface area contributed by atoms with Crippen LogP contribution in [0.4, 0.5) is 5.69 Å². The zero-order valence-corrected chi connectivity index (χ0v) is 8.16. The third kappa shape index (κ3) is 1.40. The van der Waals surface area contributed by atoms with Crippen molar-refractivity contribution < 1.29 is 9.84 Å². The Hall–Kier alpha value is -1.35. The summed E-state index contributed by atoms with van der Waals surface area (Å²) in [7, 11) is 0. The molecule has 2 rings (SSSR count). The van der Waals surface area contributed by atoms with Crippen LogP contribution in [-0.4, -0.2) is 24.5 Å². The summed E-state index contributed by atoms with van der Waals surface area (Å²) in [4.78, 5) is 3.89. The lowest BCUT2D eigenvalue weighted by atomic mass is 10.1. The van der Waals surface area contributed by atoms with Crippen LogP contribution in [0, 0.1) is 6.92 Å². The number of ether oxygens (including phenoxy) is 1. The van der Waals surface area contributed by atoms with Crippen molar-refractivity contribution in [2.24, 2.45) is 4.99 Å². The summed E-state index contributed by atoms with van der Waals surface area (Å²) >= 11 is 0. The first-order valence-corrected chi connectivity index (χ1v) is 4.62. The van der Waals surface area contributed by atoms with E-state index in [-0.39, 0.29) is 12.7 Å². The van der Waals surface area contributed by atoms with Gasteiger partial charge in [0.05, 0.1) is 12.3 Å². The molecule has 1 heterocycles. The highest BCUT2D eigenvalue weighted by atomic mass is 16.5. The van der Waals surface area contributed by atoms with E-state index < -0.39 is 0 Å². The molecule has 3 heteroatoms. The van der Waals surface area contributed by atoms with Crippen LogP contribution in [0.5, 0.6) is 5.75 Å². The molecule has 0 fully saturated rings. The van der Waals surface area contributed by atoms with E-state index in [1.165, 1.54) is 0 Å². The van der Waals surface area contributed by atoms with E-state index in [1.54, 1.807) is 0 Å². The molecule has 1 aromatic rings. The van der Waals surface area contributed by atoms with Gasteiger partial charge in [-0.05, 0) is 31.3 Å². The quantitative estimate of drug-likeness (QED) is 0.722. The second-order valence-corrected chi connectivity index (χ2v) is 3.54. The Kier molecular flexibility index (Phi) is 2.25. The van der Waals surface area contributed by atoms with Gasteiger partial charge in [-0.2, -0.15) is 0 Å². The molecule has 0 radical (unpaired) electrons. The van der Waals surface area contributed by atoms with Gasteiger partial charge in [0.15, 0.2) is 0 Å².